The van der Waals surface area contributed by atoms with Gasteiger partial charge < -0.3 is 10.5 Å². The summed E-state index contributed by atoms with van der Waals surface area (Å²) in [6.07, 6.45) is 8.20. The van der Waals surface area contributed by atoms with Crippen LogP contribution in [0.4, 0.5) is 11.5 Å². The first-order valence-corrected chi connectivity index (χ1v) is 12.2. The first-order valence-electron chi connectivity index (χ1n) is 10.3. The van der Waals surface area contributed by atoms with E-state index < -0.39 is 10.0 Å². The molecule has 1 aromatic heterocycles. The van der Waals surface area contributed by atoms with Crippen LogP contribution in [0, 0.1) is 6.92 Å². The van der Waals surface area contributed by atoms with Gasteiger partial charge in [-0.25, -0.2) is 22.7 Å². The fourth-order valence-corrected chi connectivity index (χ4v) is 4.08. The van der Waals surface area contributed by atoms with Crippen molar-refractivity contribution in [1.29, 1.82) is 0 Å². The predicted octanol–water partition coefficient (Wildman–Crippen LogP) is 1.38. The number of nitrogens with one attached hydrogen (secondary N) is 1. The van der Waals surface area contributed by atoms with Crippen LogP contribution < -0.4 is 10.5 Å². The zero-order valence-corrected chi connectivity index (χ0v) is 19.0. The van der Waals surface area contributed by atoms with Gasteiger partial charge >= 0.3 is 0 Å². The summed E-state index contributed by atoms with van der Waals surface area (Å²) >= 11 is 0. The molecule has 0 saturated carbocycles. The summed E-state index contributed by atoms with van der Waals surface area (Å²) in [4.78, 5) is 4.61. The van der Waals surface area contributed by atoms with E-state index in [4.69, 9.17) is 10.5 Å². The second-order valence-corrected chi connectivity index (χ2v) is 9.59. The van der Waals surface area contributed by atoms with Crippen LogP contribution in [0.2, 0.25) is 0 Å². The maximum absolute atomic E-state index is 12.0. The van der Waals surface area contributed by atoms with Crippen LogP contribution in [-0.4, -0.2) is 66.8 Å². The fourth-order valence-electron chi connectivity index (χ4n) is 3.51. The number of morpholine rings is 1. The first kappa shape index (κ1) is 22.0. The van der Waals surface area contributed by atoms with Gasteiger partial charge in [0.1, 0.15) is 24.7 Å². The minimum atomic E-state index is -3.49. The molecule has 2 aromatic rings. The minimum absolute atomic E-state index is 0.391. The third-order valence-electron chi connectivity index (χ3n) is 5.21. The number of allylic oxidation sites excluding steroid dienone is 3. The maximum Gasteiger partial charge on any atom is 0.229 e. The van der Waals surface area contributed by atoms with Crippen LogP contribution in [0.15, 0.2) is 59.4 Å². The summed E-state index contributed by atoms with van der Waals surface area (Å²) in [5.41, 5.74) is 10.8. The number of benzene rings is 1. The van der Waals surface area contributed by atoms with Crippen molar-refractivity contribution in [2.75, 3.05) is 38.3 Å². The zero-order valence-electron chi connectivity index (χ0n) is 18.2. The summed E-state index contributed by atoms with van der Waals surface area (Å²) in [5.74, 6) is 0.410. The molecule has 0 spiro atoms. The molecule has 1 aliphatic carbocycles. The number of hydrogen-bond acceptors (Lipinski definition) is 6. The molecule has 1 fully saturated rings. The van der Waals surface area contributed by atoms with Gasteiger partial charge in [0, 0.05) is 12.2 Å². The highest BCUT2D eigenvalue weighted by molar-refractivity contribution is 7.88. The second-order valence-electron chi connectivity index (χ2n) is 7.85. The fraction of sp³-hybridized carbons (Fsp3) is 0.318. The number of sulfonamides is 1. The highest BCUT2D eigenvalue weighted by atomic mass is 32.2. The molecule has 0 radical (unpaired) electrons. The third-order valence-corrected chi connectivity index (χ3v) is 5.80. The maximum atomic E-state index is 12.0. The highest BCUT2D eigenvalue weighted by Crippen LogP contribution is 2.24. The Balaban J connectivity index is 1.64. The van der Waals surface area contributed by atoms with Crippen molar-refractivity contribution in [2.45, 2.75) is 13.5 Å². The highest BCUT2D eigenvalue weighted by Gasteiger charge is 2.22. The summed E-state index contributed by atoms with van der Waals surface area (Å²) in [6.45, 7) is 5.32. The van der Waals surface area contributed by atoms with Crippen LogP contribution in [0.3, 0.4) is 0 Å². The lowest BCUT2D eigenvalue weighted by Gasteiger charge is -2.16. The van der Waals surface area contributed by atoms with Gasteiger partial charge in [0.2, 0.25) is 15.7 Å². The van der Waals surface area contributed by atoms with Crippen molar-refractivity contribution in [3.8, 4) is 0 Å². The van der Waals surface area contributed by atoms with E-state index in [9.17, 15) is 8.42 Å². The molecule has 0 unspecified atom stereocenters. The molecule has 1 aliphatic heterocycles. The van der Waals surface area contributed by atoms with Crippen LogP contribution >= 0.6 is 0 Å². The average molecular weight is 456 g/mol. The number of nitrogens with two attached hydrogens (primary N) is 1. The van der Waals surface area contributed by atoms with Crippen LogP contribution in [0.1, 0.15) is 11.1 Å². The number of hydrogen-bond donors (Lipinski definition) is 2. The Hall–Kier alpha value is -3.24. The number of aliphatic imine (C=N–C) groups is 1. The smallest absolute Gasteiger partial charge is 0.229 e. The summed E-state index contributed by atoms with van der Waals surface area (Å²) in [7, 11) is -3.49. The van der Waals surface area contributed by atoms with E-state index in [-0.39, 0.29) is 0 Å². The lowest BCUT2D eigenvalue weighted by atomic mass is 10.1. The van der Waals surface area contributed by atoms with Gasteiger partial charge in [0.15, 0.2) is 13.1 Å². The quantitative estimate of drug-likeness (QED) is 0.522. The van der Waals surface area contributed by atoms with E-state index >= 15 is 0 Å². The van der Waals surface area contributed by atoms with Crippen molar-refractivity contribution >= 4 is 33.0 Å². The lowest BCUT2D eigenvalue weighted by molar-refractivity contribution is -0.547. The molecule has 1 aromatic carbocycles. The molecule has 1 saturated heterocycles. The lowest BCUT2D eigenvalue weighted by Crippen LogP contribution is -2.35. The van der Waals surface area contributed by atoms with Crippen molar-refractivity contribution in [1.82, 2.24) is 14.5 Å². The molecule has 3 N–H and O–H groups in total. The van der Waals surface area contributed by atoms with Gasteiger partial charge in [0.25, 0.3) is 0 Å². The Labute approximate surface area is 187 Å². The minimum Gasteiger partial charge on any atom is -0.382 e. The number of aromatic nitrogens is 2. The number of nitrogens with zero attached hydrogens (tertiary/aromatic N) is 4. The molecule has 0 amide bonds. The first-order chi connectivity index (χ1) is 15.3. The second kappa shape index (κ2) is 9.09. The monoisotopic (exact) mass is 455 g/mol. The Kier molecular flexibility index (Phi) is 6.24. The van der Waals surface area contributed by atoms with Gasteiger partial charge in [-0.15, -0.1) is 0 Å². The molecule has 32 heavy (non-hydrogen) atoms. The summed E-state index contributed by atoms with van der Waals surface area (Å²) in [5, 5.41) is 4.36. The van der Waals surface area contributed by atoms with Crippen LogP contribution in [0.5, 0.6) is 0 Å². The number of anilines is 1. The van der Waals surface area contributed by atoms with E-state index in [1.54, 1.807) is 23.0 Å². The number of nitrogen functional groups attached to an aromatic ring is 1. The molecule has 2 heterocycles. The summed E-state index contributed by atoms with van der Waals surface area (Å²) < 4.78 is 35.7. The molecule has 4 rings (SSSR count). The molecular formula is C22H27N6O3S+. The van der Waals surface area contributed by atoms with Gasteiger partial charge in [0.05, 0.1) is 30.4 Å². The number of aryl methyl sites for hydroxylation is 1. The summed E-state index contributed by atoms with van der Waals surface area (Å²) in [6, 6.07) is 8.15. The average Bonchev–Trinajstić information content (AvgIpc) is 3.10. The van der Waals surface area contributed by atoms with Gasteiger partial charge in [-0.2, -0.15) is 5.10 Å². The number of ether oxygens (including phenoxy) is 1. The zero-order chi connectivity index (χ0) is 22.7. The predicted molar refractivity (Wildman–Crippen MR) is 125 cm³/mol. The van der Waals surface area contributed by atoms with Crippen molar-refractivity contribution in [3.05, 3.63) is 65.5 Å². The SMILES string of the molecule is Cc1ccc(Cn2ncc(/N=C3/C=CC(=[N+]4CCOCC4)C=C3NS(C)(=O)=O)c2N)cc1. The Bertz CT molecular complexity index is 1230. The van der Waals surface area contributed by atoms with Crippen molar-refractivity contribution in [3.63, 3.8) is 0 Å². The molecule has 2 aliphatic rings. The largest absolute Gasteiger partial charge is 0.382 e. The third kappa shape index (κ3) is 5.32. The van der Waals surface area contributed by atoms with Crippen molar-refractivity contribution in [2.24, 2.45) is 4.99 Å². The Morgan fingerprint density at radius 1 is 1.22 bits per heavy atom. The van der Waals surface area contributed by atoms with Crippen LogP contribution in [0.25, 0.3) is 0 Å². The molecular weight excluding hydrogens is 428 g/mol. The number of rotatable bonds is 5. The molecule has 0 bridgehead atoms. The van der Waals surface area contributed by atoms with E-state index in [0.29, 0.717) is 42.7 Å². The molecule has 10 heteroatoms. The van der Waals surface area contributed by atoms with Crippen LogP contribution in [-0.2, 0) is 21.3 Å². The standard InChI is InChI=1S/C22H26N6O3S/c1-16-3-5-17(6-4-16)15-28-22(23)21(14-24-28)25-19-8-7-18(27-9-11-31-12-10-27)13-20(19)26-32(2,29)30/h3-8,13-14H,9-12,15H2,1-2H3,(H2,23,24,26)/p+1. The van der Waals surface area contributed by atoms with E-state index in [0.717, 1.165) is 30.6 Å². The Morgan fingerprint density at radius 2 is 1.94 bits per heavy atom. The van der Waals surface area contributed by atoms with E-state index in [1.165, 1.54) is 5.56 Å². The normalized spacial score (nSPS) is 18.2. The van der Waals surface area contributed by atoms with Gasteiger partial charge in [-0.05, 0) is 18.6 Å². The van der Waals surface area contributed by atoms with Gasteiger partial charge in [-0.3, -0.25) is 4.72 Å². The van der Waals surface area contributed by atoms with Gasteiger partial charge in [-0.1, -0.05) is 29.8 Å². The Morgan fingerprint density at radius 3 is 2.62 bits per heavy atom. The molecule has 168 valence electrons. The van der Waals surface area contributed by atoms with E-state index in [2.05, 4.69) is 19.4 Å². The topological polar surface area (TPSA) is 115 Å². The molecule has 0 atom stereocenters. The van der Waals surface area contributed by atoms with Crippen molar-refractivity contribution < 1.29 is 17.7 Å². The molecule has 9 nitrogen and oxygen atoms in total. The van der Waals surface area contributed by atoms with E-state index in [1.807, 2.05) is 37.3 Å².